The van der Waals surface area contributed by atoms with Gasteiger partial charge in [0.15, 0.2) is 0 Å². The fourth-order valence-corrected chi connectivity index (χ4v) is 1.66. The summed E-state index contributed by atoms with van der Waals surface area (Å²) in [6.45, 7) is 0.454. The number of nitrogens with two attached hydrogens (primary N) is 1. The van der Waals surface area contributed by atoms with E-state index in [0.29, 0.717) is 11.6 Å². The van der Waals surface area contributed by atoms with Crippen molar-refractivity contribution in [1.82, 2.24) is 9.78 Å². The SMILES string of the molecule is NCc1cccc(Cl)c1-n1cccn1. The quantitative estimate of drug-likeness (QED) is 0.819. The molecule has 0 saturated carbocycles. The van der Waals surface area contributed by atoms with Crippen LogP contribution in [0.3, 0.4) is 0 Å². The van der Waals surface area contributed by atoms with Crippen molar-refractivity contribution in [3.05, 3.63) is 47.2 Å². The number of hydrogen-bond donors (Lipinski definition) is 1. The first-order valence-corrected chi connectivity index (χ1v) is 4.68. The zero-order chi connectivity index (χ0) is 9.97. The average Bonchev–Trinajstić information content (AvgIpc) is 2.70. The highest BCUT2D eigenvalue weighted by Crippen LogP contribution is 2.23. The second kappa shape index (κ2) is 3.82. The molecule has 0 spiro atoms. The molecule has 0 bridgehead atoms. The highest BCUT2D eigenvalue weighted by atomic mass is 35.5. The van der Waals surface area contributed by atoms with E-state index in [4.69, 9.17) is 17.3 Å². The van der Waals surface area contributed by atoms with E-state index in [1.54, 1.807) is 10.9 Å². The van der Waals surface area contributed by atoms with Crippen molar-refractivity contribution in [2.45, 2.75) is 6.54 Å². The molecule has 1 heterocycles. The Hall–Kier alpha value is -1.32. The van der Waals surface area contributed by atoms with E-state index >= 15 is 0 Å². The fraction of sp³-hybridized carbons (Fsp3) is 0.100. The smallest absolute Gasteiger partial charge is 0.0876 e. The molecule has 0 saturated heterocycles. The summed E-state index contributed by atoms with van der Waals surface area (Å²) in [5.41, 5.74) is 7.48. The standard InChI is InChI=1S/C10H10ClN3/c11-9-4-1-3-8(7-12)10(9)14-6-2-5-13-14/h1-6H,7,12H2. The van der Waals surface area contributed by atoms with Crippen LogP contribution in [0.5, 0.6) is 0 Å². The Labute approximate surface area is 87.1 Å². The Morgan fingerprint density at radius 3 is 2.86 bits per heavy atom. The Bertz CT molecular complexity index is 423. The molecular formula is C10H10ClN3. The van der Waals surface area contributed by atoms with E-state index in [1.165, 1.54) is 0 Å². The topological polar surface area (TPSA) is 43.8 Å². The lowest BCUT2D eigenvalue weighted by Crippen LogP contribution is -2.05. The van der Waals surface area contributed by atoms with E-state index < -0.39 is 0 Å². The molecular weight excluding hydrogens is 198 g/mol. The van der Waals surface area contributed by atoms with Crippen molar-refractivity contribution < 1.29 is 0 Å². The van der Waals surface area contributed by atoms with Crippen LogP contribution in [-0.4, -0.2) is 9.78 Å². The van der Waals surface area contributed by atoms with Gasteiger partial charge in [0.2, 0.25) is 0 Å². The molecule has 72 valence electrons. The van der Waals surface area contributed by atoms with E-state index in [0.717, 1.165) is 11.3 Å². The van der Waals surface area contributed by atoms with Gasteiger partial charge in [-0.2, -0.15) is 5.10 Å². The normalized spacial score (nSPS) is 10.4. The van der Waals surface area contributed by atoms with E-state index in [-0.39, 0.29) is 0 Å². The lowest BCUT2D eigenvalue weighted by atomic mass is 10.2. The van der Waals surface area contributed by atoms with Crippen LogP contribution in [0.15, 0.2) is 36.7 Å². The van der Waals surface area contributed by atoms with Crippen molar-refractivity contribution in [1.29, 1.82) is 0 Å². The predicted molar refractivity (Wildman–Crippen MR) is 56.5 cm³/mol. The molecule has 0 aliphatic heterocycles. The van der Waals surface area contributed by atoms with Gasteiger partial charge in [-0.1, -0.05) is 23.7 Å². The summed E-state index contributed by atoms with van der Waals surface area (Å²) in [5, 5.41) is 4.80. The lowest BCUT2D eigenvalue weighted by Gasteiger charge is -2.09. The van der Waals surface area contributed by atoms with Gasteiger partial charge in [-0.25, -0.2) is 4.68 Å². The number of para-hydroxylation sites is 1. The van der Waals surface area contributed by atoms with Crippen LogP contribution in [0.2, 0.25) is 5.02 Å². The lowest BCUT2D eigenvalue weighted by molar-refractivity contribution is 0.859. The maximum absolute atomic E-state index is 6.08. The Balaban J connectivity index is 2.61. The highest BCUT2D eigenvalue weighted by Gasteiger charge is 2.07. The summed E-state index contributed by atoms with van der Waals surface area (Å²) in [4.78, 5) is 0. The van der Waals surface area contributed by atoms with Gasteiger partial charge in [0, 0.05) is 18.9 Å². The fourth-order valence-electron chi connectivity index (χ4n) is 1.38. The van der Waals surface area contributed by atoms with Crippen molar-refractivity contribution >= 4 is 11.6 Å². The first kappa shape index (κ1) is 9.24. The molecule has 14 heavy (non-hydrogen) atoms. The molecule has 0 radical (unpaired) electrons. The largest absolute Gasteiger partial charge is 0.326 e. The van der Waals surface area contributed by atoms with Gasteiger partial charge >= 0.3 is 0 Å². The molecule has 2 aromatic rings. The summed E-state index contributed by atoms with van der Waals surface area (Å²) in [6.07, 6.45) is 3.56. The molecule has 2 rings (SSSR count). The van der Waals surface area contributed by atoms with Crippen LogP contribution < -0.4 is 5.73 Å². The molecule has 2 N–H and O–H groups in total. The highest BCUT2D eigenvalue weighted by molar-refractivity contribution is 6.32. The molecule has 0 aliphatic rings. The van der Waals surface area contributed by atoms with E-state index in [1.807, 2.05) is 30.5 Å². The number of halogens is 1. The number of nitrogens with zero attached hydrogens (tertiary/aromatic N) is 2. The molecule has 0 atom stereocenters. The number of benzene rings is 1. The molecule has 0 unspecified atom stereocenters. The predicted octanol–water partition coefficient (Wildman–Crippen LogP) is 1.98. The summed E-state index contributed by atoms with van der Waals surface area (Å²) in [6, 6.07) is 7.52. The van der Waals surface area contributed by atoms with Gasteiger partial charge in [-0.05, 0) is 17.7 Å². The molecule has 3 nitrogen and oxygen atoms in total. The van der Waals surface area contributed by atoms with Crippen LogP contribution in [0.1, 0.15) is 5.56 Å². The molecule has 0 amide bonds. The van der Waals surface area contributed by atoms with Crippen LogP contribution in [0.25, 0.3) is 5.69 Å². The van der Waals surface area contributed by atoms with Gasteiger partial charge < -0.3 is 5.73 Å². The molecule has 0 aliphatic carbocycles. The van der Waals surface area contributed by atoms with Crippen molar-refractivity contribution in [3.8, 4) is 5.69 Å². The zero-order valence-electron chi connectivity index (χ0n) is 7.52. The van der Waals surface area contributed by atoms with Crippen LogP contribution in [0.4, 0.5) is 0 Å². The number of aromatic nitrogens is 2. The summed E-state index contributed by atoms with van der Waals surface area (Å²) in [5.74, 6) is 0. The Kier molecular flexibility index (Phi) is 2.52. The third-order valence-electron chi connectivity index (χ3n) is 2.02. The van der Waals surface area contributed by atoms with E-state index in [2.05, 4.69) is 5.10 Å². The van der Waals surface area contributed by atoms with Crippen molar-refractivity contribution in [2.24, 2.45) is 5.73 Å². The van der Waals surface area contributed by atoms with Crippen LogP contribution >= 0.6 is 11.6 Å². The summed E-state index contributed by atoms with van der Waals surface area (Å²) < 4.78 is 1.73. The summed E-state index contributed by atoms with van der Waals surface area (Å²) in [7, 11) is 0. The van der Waals surface area contributed by atoms with Gasteiger partial charge in [0.25, 0.3) is 0 Å². The van der Waals surface area contributed by atoms with Gasteiger partial charge in [0.1, 0.15) is 0 Å². The minimum atomic E-state index is 0.454. The maximum Gasteiger partial charge on any atom is 0.0876 e. The first-order chi connectivity index (χ1) is 6.83. The Morgan fingerprint density at radius 1 is 1.36 bits per heavy atom. The number of rotatable bonds is 2. The van der Waals surface area contributed by atoms with Gasteiger partial charge in [0.05, 0.1) is 10.7 Å². The van der Waals surface area contributed by atoms with Crippen LogP contribution in [-0.2, 0) is 6.54 Å². The summed E-state index contributed by atoms with van der Waals surface area (Å²) >= 11 is 6.08. The number of hydrogen-bond acceptors (Lipinski definition) is 2. The Morgan fingerprint density at radius 2 is 2.21 bits per heavy atom. The first-order valence-electron chi connectivity index (χ1n) is 4.30. The van der Waals surface area contributed by atoms with E-state index in [9.17, 15) is 0 Å². The minimum absolute atomic E-state index is 0.454. The van der Waals surface area contributed by atoms with Crippen molar-refractivity contribution in [2.75, 3.05) is 0 Å². The molecule has 0 fully saturated rings. The zero-order valence-corrected chi connectivity index (χ0v) is 8.28. The van der Waals surface area contributed by atoms with Crippen LogP contribution in [0, 0.1) is 0 Å². The van der Waals surface area contributed by atoms with Crippen molar-refractivity contribution in [3.63, 3.8) is 0 Å². The van der Waals surface area contributed by atoms with Gasteiger partial charge in [-0.3, -0.25) is 0 Å². The molecule has 4 heteroatoms. The third-order valence-corrected chi connectivity index (χ3v) is 2.33. The maximum atomic E-state index is 6.08. The third kappa shape index (κ3) is 1.52. The monoisotopic (exact) mass is 207 g/mol. The second-order valence-electron chi connectivity index (χ2n) is 2.90. The van der Waals surface area contributed by atoms with Gasteiger partial charge in [-0.15, -0.1) is 0 Å². The molecule has 1 aromatic heterocycles. The average molecular weight is 208 g/mol. The minimum Gasteiger partial charge on any atom is -0.326 e. The molecule has 1 aromatic carbocycles. The second-order valence-corrected chi connectivity index (χ2v) is 3.31.